The van der Waals surface area contributed by atoms with Crippen LogP contribution in [-0.4, -0.2) is 15.0 Å². The first-order chi connectivity index (χ1) is 14.8. The van der Waals surface area contributed by atoms with E-state index in [1.54, 1.807) is 0 Å². The monoisotopic (exact) mass is 387 g/mol. The number of nitrogens with one attached hydrogen (secondary N) is 1. The van der Waals surface area contributed by atoms with E-state index in [9.17, 15) is 0 Å². The average Bonchev–Trinajstić information content (AvgIpc) is 2.80. The fraction of sp³-hybridized carbons (Fsp3) is 0.0400. The van der Waals surface area contributed by atoms with Gasteiger partial charge in [-0.1, -0.05) is 42.5 Å². The van der Waals surface area contributed by atoms with Crippen LogP contribution in [0.3, 0.4) is 0 Å². The summed E-state index contributed by atoms with van der Waals surface area (Å²) in [4.78, 5) is 13.5. The molecule has 0 saturated heterocycles. The number of hydrogen-bond donors (Lipinski definition) is 1. The number of aromatic nitrogens is 3. The molecule has 5 nitrogen and oxygen atoms in total. The van der Waals surface area contributed by atoms with Crippen LogP contribution >= 0.6 is 0 Å². The van der Waals surface area contributed by atoms with Crippen LogP contribution in [0.25, 0.3) is 32.8 Å². The smallest absolute Gasteiger partial charge is 0.227 e. The van der Waals surface area contributed by atoms with Gasteiger partial charge in [-0.05, 0) is 40.8 Å². The minimum atomic E-state index is 0.404. The third-order valence-corrected chi connectivity index (χ3v) is 5.05. The molecule has 0 bridgehead atoms. The maximum absolute atomic E-state index is 8.78. The number of nitrogens with zero attached hydrogens (tertiary/aromatic N) is 4. The summed E-state index contributed by atoms with van der Waals surface area (Å²) in [5.41, 5.74) is 4.91. The number of nitriles is 1. The highest BCUT2D eigenvalue weighted by molar-refractivity contribution is 5.97. The summed E-state index contributed by atoms with van der Waals surface area (Å²) in [5.74, 6) is 0.537. The van der Waals surface area contributed by atoms with Gasteiger partial charge >= 0.3 is 0 Å². The van der Waals surface area contributed by atoms with Crippen molar-refractivity contribution in [2.24, 2.45) is 0 Å². The molecular formula is C25H17N5. The highest BCUT2D eigenvalue weighted by Crippen LogP contribution is 2.29. The Kier molecular flexibility index (Phi) is 4.51. The second-order valence-corrected chi connectivity index (χ2v) is 7.03. The first-order valence-electron chi connectivity index (χ1n) is 9.63. The van der Waals surface area contributed by atoms with Crippen molar-refractivity contribution >= 4 is 33.3 Å². The standard InChI is InChI=1S/C25H17N5/c26-12-11-17-5-8-21(9-6-17)29-25-28-15-20-13-18(7-10-24(20)30-25)23-16-27-14-19-3-1-2-4-22(19)23/h1-10,13-16H,11H2,(H,28,29,30). The van der Waals surface area contributed by atoms with Crippen molar-refractivity contribution < 1.29 is 0 Å². The first kappa shape index (κ1) is 17.8. The lowest BCUT2D eigenvalue weighted by Gasteiger charge is -2.09. The molecule has 0 spiro atoms. The number of pyridine rings is 1. The zero-order valence-electron chi connectivity index (χ0n) is 16.1. The number of rotatable bonds is 4. The largest absolute Gasteiger partial charge is 0.324 e. The van der Waals surface area contributed by atoms with Crippen molar-refractivity contribution in [1.29, 1.82) is 5.26 Å². The Labute approximate surface area is 173 Å². The molecule has 2 aromatic heterocycles. The highest BCUT2D eigenvalue weighted by Gasteiger charge is 2.07. The molecule has 5 heteroatoms. The average molecular weight is 387 g/mol. The van der Waals surface area contributed by atoms with E-state index in [-0.39, 0.29) is 0 Å². The molecule has 0 aliphatic carbocycles. The zero-order chi connectivity index (χ0) is 20.3. The lowest BCUT2D eigenvalue weighted by Crippen LogP contribution is -1.97. The van der Waals surface area contributed by atoms with Crippen LogP contribution < -0.4 is 5.32 Å². The maximum atomic E-state index is 8.78. The maximum Gasteiger partial charge on any atom is 0.227 e. The lowest BCUT2D eigenvalue weighted by molar-refractivity contribution is 1.21. The molecular weight excluding hydrogens is 370 g/mol. The van der Waals surface area contributed by atoms with Crippen LogP contribution in [0.1, 0.15) is 5.56 Å². The van der Waals surface area contributed by atoms with Gasteiger partial charge < -0.3 is 5.32 Å². The van der Waals surface area contributed by atoms with Crippen LogP contribution in [0.15, 0.2) is 85.3 Å². The predicted octanol–water partition coefficient (Wildman–Crippen LogP) is 5.65. The second-order valence-electron chi connectivity index (χ2n) is 7.03. The van der Waals surface area contributed by atoms with Crippen LogP contribution in [0.4, 0.5) is 11.6 Å². The SMILES string of the molecule is N#CCc1ccc(Nc2ncc3cc(-c4cncc5ccccc45)ccc3n2)cc1. The molecule has 30 heavy (non-hydrogen) atoms. The molecule has 142 valence electrons. The van der Waals surface area contributed by atoms with Crippen molar-refractivity contribution in [3.63, 3.8) is 0 Å². The Bertz CT molecular complexity index is 1400. The number of hydrogen-bond acceptors (Lipinski definition) is 5. The van der Waals surface area contributed by atoms with Gasteiger partial charge in [0, 0.05) is 40.6 Å². The van der Waals surface area contributed by atoms with E-state index in [2.05, 4.69) is 50.6 Å². The Morgan fingerprint density at radius 2 is 1.73 bits per heavy atom. The normalized spacial score (nSPS) is 10.8. The topological polar surface area (TPSA) is 74.5 Å². The van der Waals surface area contributed by atoms with Gasteiger partial charge in [0.2, 0.25) is 5.95 Å². The summed E-state index contributed by atoms with van der Waals surface area (Å²) in [5, 5.41) is 15.3. The molecule has 0 fully saturated rings. The highest BCUT2D eigenvalue weighted by atomic mass is 15.1. The third-order valence-electron chi connectivity index (χ3n) is 5.05. The van der Waals surface area contributed by atoms with Crippen molar-refractivity contribution in [3.8, 4) is 17.2 Å². The van der Waals surface area contributed by atoms with Crippen LogP contribution in [-0.2, 0) is 6.42 Å². The van der Waals surface area contributed by atoms with Gasteiger partial charge in [0.05, 0.1) is 18.0 Å². The molecule has 5 aromatic rings. The Morgan fingerprint density at radius 3 is 2.60 bits per heavy atom. The first-order valence-corrected chi connectivity index (χ1v) is 9.63. The van der Waals surface area contributed by atoms with Gasteiger partial charge in [0.1, 0.15) is 0 Å². The van der Waals surface area contributed by atoms with Gasteiger partial charge in [-0.15, -0.1) is 0 Å². The van der Waals surface area contributed by atoms with E-state index >= 15 is 0 Å². The molecule has 0 saturated carbocycles. The number of fused-ring (bicyclic) bond motifs is 2. The van der Waals surface area contributed by atoms with Gasteiger partial charge in [0.15, 0.2) is 0 Å². The van der Waals surface area contributed by atoms with E-state index in [1.165, 1.54) is 5.39 Å². The molecule has 0 atom stereocenters. The summed E-state index contributed by atoms with van der Waals surface area (Å²) in [6.45, 7) is 0. The fourth-order valence-electron chi connectivity index (χ4n) is 3.53. The Morgan fingerprint density at radius 1 is 0.867 bits per heavy atom. The van der Waals surface area contributed by atoms with Crippen LogP contribution in [0.2, 0.25) is 0 Å². The quantitative estimate of drug-likeness (QED) is 0.431. The minimum Gasteiger partial charge on any atom is -0.324 e. The molecule has 1 N–H and O–H groups in total. The number of benzene rings is 3. The molecule has 3 aromatic carbocycles. The zero-order valence-corrected chi connectivity index (χ0v) is 16.1. The second kappa shape index (κ2) is 7.61. The number of anilines is 2. The summed E-state index contributed by atoms with van der Waals surface area (Å²) in [6.07, 6.45) is 6.02. The summed E-state index contributed by atoms with van der Waals surface area (Å²) >= 11 is 0. The predicted molar refractivity (Wildman–Crippen MR) is 119 cm³/mol. The van der Waals surface area contributed by atoms with E-state index in [4.69, 9.17) is 5.26 Å². The van der Waals surface area contributed by atoms with Crippen molar-refractivity contribution in [3.05, 3.63) is 90.9 Å². The minimum absolute atomic E-state index is 0.404. The van der Waals surface area contributed by atoms with Crippen molar-refractivity contribution in [1.82, 2.24) is 15.0 Å². The van der Waals surface area contributed by atoms with Gasteiger partial charge in [-0.2, -0.15) is 5.26 Å². The van der Waals surface area contributed by atoms with E-state index < -0.39 is 0 Å². The van der Waals surface area contributed by atoms with E-state index in [0.29, 0.717) is 12.4 Å². The fourth-order valence-corrected chi connectivity index (χ4v) is 3.53. The third kappa shape index (κ3) is 3.43. The molecule has 2 heterocycles. The van der Waals surface area contributed by atoms with Gasteiger partial charge in [-0.25, -0.2) is 9.97 Å². The van der Waals surface area contributed by atoms with Crippen molar-refractivity contribution in [2.45, 2.75) is 6.42 Å². The molecule has 0 radical (unpaired) electrons. The summed E-state index contributed by atoms with van der Waals surface area (Å²) in [7, 11) is 0. The molecule has 0 aliphatic rings. The molecule has 0 unspecified atom stereocenters. The van der Waals surface area contributed by atoms with Crippen LogP contribution in [0, 0.1) is 11.3 Å². The lowest BCUT2D eigenvalue weighted by atomic mass is 10.00. The van der Waals surface area contributed by atoms with Gasteiger partial charge in [0.25, 0.3) is 0 Å². The van der Waals surface area contributed by atoms with E-state index in [0.717, 1.165) is 38.7 Å². The summed E-state index contributed by atoms with van der Waals surface area (Å²) in [6, 6.07) is 24.3. The Hall–Kier alpha value is -4.30. The van der Waals surface area contributed by atoms with Crippen molar-refractivity contribution in [2.75, 3.05) is 5.32 Å². The summed E-state index contributed by atoms with van der Waals surface area (Å²) < 4.78 is 0. The molecule has 0 amide bonds. The molecule has 5 rings (SSSR count). The van der Waals surface area contributed by atoms with Gasteiger partial charge in [-0.3, -0.25) is 4.98 Å². The Balaban J connectivity index is 1.46. The molecule has 0 aliphatic heterocycles. The van der Waals surface area contributed by atoms with Crippen LogP contribution in [0.5, 0.6) is 0 Å². The van der Waals surface area contributed by atoms with E-state index in [1.807, 2.05) is 61.1 Å².